The molecule has 0 aliphatic heterocycles. The Morgan fingerprint density at radius 1 is 1.27 bits per heavy atom. The highest BCUT2D eigenvalue weighted by atomic mass is 79.9. The van der Waals surface area contributed by atoms with E-state index < -0.39 is 0 Å². The SMILES string of the molecule is OCC1CC1(c1ccc(Br)cc1)C1CC1. The molecule has 0 saturated heterocycles. The lowest BCUT2D eigenvalue weighted by Crippen LogP contribution is -2.14. The van der Waals surface area contributed by atoms with Gasteiger partial charge in [0.05, 0.1) is 0 Å². The molecule has 3 rings (SSSR count). The van der Waals surface area contributed by atoms with Crippen molar-refractivity contribution in [3.05, 3.63) is 34.3 Å². The van der Waals surface area contributed by atoms with Crippen LogP contribution in [0.5, 0.6) is 0 Å². The smallest absolute Gasteiger partial charge is 0.0468 e. The summed E-state index contributed by atoms with van der Waals surface area (Å²) in [6.07, 6.45) is 3.90. The van der Waals surface area contributed by atoms with Gasteiger partial charge in [-0.25, -0.2) is 0 Å². The zero-order chi connectivity index (χ0) is 10.5. The van der Waals surface area contributed by atoms with Gasteiger partial charge in [0.15, 0.2) is 0 Å². The van der Waals surface area contributed by atoms with E-state index in [2.05, 4.69) is 40.2 Å². The molecule has 1 aromatic rings. The van der Waals surface area contributed by atoms with Crippen LogP contribution in [0.3, 0.4) is 0 Å². The van der Waals surface area contributed by atoms with Gasteiger partial charge in [0, 0.05) is 16.5 Å². The van der Waals surface area contributed by atoms with Crippen LogP contribution in [0.2, 0.25) is 0 Å². The Labute approximate surface area is 98.6 Å². The van der Waals surface area contributed by atoms with E-state index in [9.17, 15) is 5.11 Å². The van der Waals surface area contributed by atoms with E-state index in [0.29, 0.717) is 17.9 Å². The lowest BCUT2D eigenvalue weighted by atomic mass is 9.88. The first kappa shape index (κ1) is 9.86. The summed E-state index contributed by atoms with van der Waals surface area (Å²) in [4.78, 5) is 0. The fraction of sp³-hybridized carbons (Fsp3) is 0.538. The normalized spacial score (nSPS) is 34.1. The Morgan fingerprint density at radius 2 is 1.93 bits per heavy atom. The second-order valence-corrected chi connectivity index (χ2v) is 5.82. The first-order valence-electron chi connectivity index (χ1n) is 5.64. The minimum atomic E-state index is 0.343. The molecule has 2 aliphatic carbocycles. The van der Waals surface area contributed by atoms with E-state index in [1.807, 2.05) is 0 Å². The summed E-state index contributed by atoms with van der Waals surface area (Å²) >= 11 is 3.47. The molecule has 2 atom stereocenters. The van der Waals surface area contributed by atoms with E-state index in [-0.39, 0.29) is 0 Å². The van der Waals surface area contributed by atoms with Crippen molar-refractivity contribution < 1.29 is 5.11 Å². The van der Waals surface area contributed by atoms with Gasteiger partial charge in [-0.15, -0.1) is 0 Å². The molecule has 80 valence electrons. The number of hydrogen-bond donors (Lipinski definition) is 1. The second-order valence-electron chi connectivity index (χ2n) is 4.91. The first-order valence-corrected chi connectivity index (χ1v) is 6.43. The first-order chi connectivity index (χ1) is 7.27. The molecular formula is C13H15BrO. The van der Waals surface area contributed by atoms with Crippen LogP contribution >= 0.6 is 15.9 Å². The molecular weight excluding hydrogens is 252 g/mol. The zero-order valence-electron chi connectivity index (χ0n) is 8.62. The van der Waals surface area contributed by atoms with E-state index in [1.54, 1.807) is 0 Å². The molecule has 1 aromatic carbocycles. The van der Waals surface area contributed by atoms with Gasteiger partial charge in [-0.3, -0.25) is 0 Å². The maximum atomic E-state index is 9.32. The van der Waals surface area contributed by atoms with Crippen LogP contribution in [-0.4, -0.2) is 11.7 Å². The van der Waals surface area contributed by atoms with Gasteiger partial charge >= 0.3 is 0 Å². The predicted octanol–water partition coefficient (Wildman–Crippen LogP) is 3.11. The topological polar surface area (TPSA) is 20.2 Å². The number of halogens is 1. The van der Waals surface area contributed by atoms with E-state index >= 15 is 0 Å². The second kappa shape index (κ2) is 3.33. The quantitative estimate of drug-likeness (QED) is 0.892. The monoisotopic (exact) mass is 266 g/mol. The lowest BCUT2D eigenvalue weighted by molar-refractivity contribution is 0.259. The molecule has 2 fully saturated rings. The summed E-state index contributed by atoms with van der Waals surface area (Å²) < 4.78 is 1.14. The molecule has 2 unspecified atom stereocenters. The molecule has 0 bridgehead atoms. The Kier molecular flexibility index (Phi) is 2.18. The van der Waals surface area contributed by atoms with Crippen LogP contribution in [0.15, 0.2) is 28.7 Å². The number of hydrogen-bond acceptors (Lipinski definition) is 1. The van der Waals surface area contributed by atoms with Crippen molar-refractivity contribution in [1.82, 2.24) is 0 Å². The molecule has 1 N–H and O–H groups in total. The van der Waals surface area contributed by atoms with Crippen LogP contribution < -0.4 is 0 Å². The Bertz CT molecular complexity index is 369. The highest BCUT2D eigenvalue weighted by Gasteiger charge is 2.62. The number of benzene rings is 1. The standard InChI is InChI=1S/C13H15BrO/c14-12-5-3-10(4-6-12)13(9-1-2-9)7-11(13)8-15/h3-6,9,11,15H,1-2,7-8H2. The third-order valence-corrected chi connectivity index (χ3v) is 4.59. The maximum absolute atomic E-state index is 9.32. The molecule has 2 heteroatoms. The molecule has 0 amide bonds. The maximum Gasteiger partial charge on any atom is 0.0468 e. The van der Waals surface area contributed by atoms with Crippen LogP contribution in [0.25, 0.3) is 0 Å². The van der Waals surface area contributed by atoms with Gasteiger partial charge in [-0.05, 0) is 48.8 Å². The molecule has 15 heavy (non-hydrogen) atoms. The summed E-state index contributed by atoms with van der Waals surface area (Å²) in [5, 5.41) is 9.32. The third-order valence-electron chi connectivity index (χ3n) is 4.06. The summed E-state index contributed by atoms with van der Waals surface area (Å²) in [6.45, 7) is 0.354. The molecule has 0 spiro atoms. The summed E-state index contributed by atoms with van der Waals surface area (Å²) in [7, 11) is 0. The van der Waals surface area contributed by atoms with Gasteiger partial charge in [-0.2, -0.15) is 0 Å². The Balaban J connectivity index is 1.93. The van der Waals surface area contributed by atoms with Gasteiger partial charge in [0.2, 0.25) is 0 Å². The third kappa shape index (κ3) is 1.46. The fourth-order valence-electron chi connectivity index (χ4n) is 3.02. The summed E-state index contributed by atoms with van der Waals surface area (Å²) in [5.41, 5.74) is 1.78. The van der Waals surface area contributed by atoms with Crippen molar-refractivity contribution in [3.63, 3.8) is 0 Å². The van der Waals surface area contributed by atoms with Crippen molar-refractivity contribution >= 4 is 15.9 Å². The number of rotatable bonds is 3. The zero-order valence-corrected chi connectivity index (χ0v) is 10.2. The van der Waals surface area contributed by atoms with Crippen LogP contribution in [0.1, 0.15) is 24.8 Å². The molecule has 2 saturated carbocycles. The largest absolute Gasteiger partial charge is 0.396 e. The van der Waals surface area contributed by atoms with Crippen LogP contribution in [0.4, 0.5) is 0 Å². The van der Waals surface area contributed by atoms with Gasteiger partial charge in [-0.1, -0.05) is 28.1 Å². The van der Waals surface area contributed by atoms with Crippen molar-refractivity contribution in [2.24, 2.45) is 11.8 Å². The van der Waals surface area contributed by atoms with Crippen molar-refractivity contribution in [1.29, 1.82) is 0 Å². The number of aliphatic hydroxyl groups excluding tert-OH is 1. The van der Waals surface area contributed by atoms with Gasteiger partial charge < -0.3 is 5.11 Å². The lowest BCUT2D eigenvalue weighted by Gasteiger charge is -2.16. The van der Waals surface area contributed by atoms with Crippen molar-refractivity contribution in [2.45, 2.75) is 24.7 Å². The minimum Gasteiger partial charge on any atom is -0.396 e. The highest BCUT2D eigenvalue weighted by Crippen LogP contribution is 2.65. The Morgan fingerprint density at radius 3 is 2.40 bits per heavy atom. The Hall–Kier alpha value is -0.340. The fourth-order valence-corrected chi connectivity index (χ4v) is 3.29. The molecule has 0 aromatic heterocycles. The van der Waals surface area contributed by atoms with Crippen molar-refractivity contribution in [3.8, 4) is 0 Å². The molecule has 0 heterocycles. The average Bonchev–Trinajstić information content (AvgIpc) is 3.12. The van der Waals surface area contributed by atoms with Crippen molar-refractivity contribution in [2.75, 3.05) is 6.61 Å². The van der Waals surface area contributed by atoms with E-state index in [0.717, 1.165) is 10.4 Å². The summed E-state index contributed by atoms with van der Waals surface area (Å²) in [5.74, 6) is 1.36. The van der Waals surface area contributed by atoms with Gasteiger partial charge in [0.1, 0.15) is 0 Å². The minimum absolute atomic E-state index is 0.343. The van der Waals surface area contributed by atoms with E-state index in [1.165, 1.54) is 24.8 Å². The molecule has 1 nitrogen and oxygen atoms in total. The molecule has 2 aliphatic rings. The van der Waals surface area contributed by atoms with E-state index in [4.69, 9.17) is 0 Å². The van der Waals surface area contributed by atoms with Gasteiger partial charge in [0.25, 0.3) is 0 Å². The predicted molar refractivity (Wildman–Crippen MR) is 63.7 cm³/mol. The number of aliphatic hydroxyl groups is 1. The summed E-state index contributed by atoms with van der Waals surface area (Å²) in [6, 6.07) is 8.68. The average molecular weight is 267 g/mol. The van der Waals surface area contributed by atoms with Crippen LogP contribution in [-0.2, 0) is 5.41 Å². The van der Waals surface area contributed by atoms with Crippen LogP contribution in [0, 0.1) is 11.8 Å². The highest BCUT2D eigenvalue weighted by molar-refractivity contribution is 9.10. The molecule has 0 radical (unpaired) electrons.